The highest BCUT2D eigenvalue weighted by Crippen LogP contribution is 2.22. The highest BCUT2D eigenvalue weighted by Gasteiger charge is 2.07. The van der Waals surface area contributed by atoms with Gasteiger partial charge in [0.05, 0.1) is 6.10 Å². The first-order chi connectivity index (χ1) is 4.70. The molecule has 61 valence electrons. The van der Waals surface area contributed by atoms with Crippen LogP contribution >= 0.6 is 8.25 Å². The first kappa shape index (κ1) is 10.0. The predicted molar refractivity (Wildman–Crippen MR) is 39.9 cm³/mol. The Morgan fingerprint density at radius 3 is 2.50 bits per heavy atom. The summed E-state index contributed by atoms with van der Waals surface area (Å²) in [5.41, 5.74) is 0. The Bertz CT molecular complexity index is 105. The number of rotatable bonds is 5. The van der Waals surface area contributed by atoms with E-state index in [0.29, 0.717) is 0 Å². The van der Waals surface area contributed by atoms with Crippen molar-refractivity contribution >= 4 is 8.25 Å². The standard InChI is InChI=1S/C6H14O3P/c1-3-5-6(4-2)9-10(7)8/h6H,3-5H2,1-2H3,(H,7,8). The van der Waals surface area contributed by atoms with Crippen molar-refractivity contribution in [2.75, 3.05) is 0 Å². The summed E-state index contributed by atoms with van der Waals surface area (Å²) in [7, 11) is -2.41. The van der Waals surface area contributed by atoms with Crippen molar-refractivity contribution in [1.82, 2.24) is 0 Å². The summed E-state index contributed by atoms with van der Waals surface area (Å²) in [4.78, 5) is 8.37. The van der Waals surface area contributed by atoms with E-state index >= 15 is 0 Å². The van der Waals surface area contributed by atoms with Gasteiger partial charge >= 0.3 is 8.25 Å². The summed E-state index contributed by atoms with van der Waals surface area (Å²) in [6.07, 6.45) is 2.61. The third-order valence-electron chi connectivity index (χ3n) is 1.31. The van der Waals surface area contributed by atoms with E-state index in [-0.39, 0.29) is 6.10 Å². The highest BCUT2D eigenvalue weighted by atomic mass is 31.1. The van der Waals surface area contributed by atoms with Gasteiger partial charge in [-0.3, -0.25) is 9.42 Å². The van der Waals surface area contributed by atoms with Gasteiger partial charge < -0.3 is 0 Å². The zero-order chi connectivity index (χ0) is 7.98. The molecule has 0 aliphatic heterocycles. The molecule has 0 fully saturated rings. The van der Waals surface area contributed by atoms with Crippen molar-refractivity contribution in [2.24, 2.45) is 0 Å². The lowest BCUT2D eigenvalue weighted by Gasteiger charge is -2.09. The molecule has 0 aromatic heterocycles. The monoisotopic (exact) mass is 165 g/mol. The minimum Gasteiger partial charge on any atom is -0.298 e. The molecule has 0 aromatic rings. The second-order valence-corrected chi connectivity index (χ2v) is 2.85. The summed E-state index contributed by atoms with van der Waals surface area (Å²) in [5, 5.41) is 0. The van der Waals surface area contributed by atoms with Crippen molar-refractivity contribution in [3.63, 3.8) is 0 Å². The molecule has 10 heavy (non-hydrogen) atoms. The second kappa shape index (κ2) is 5.78. The maximum absolute atomic E-state index is 10.2. The zero-order valence-electron chi connectivity index (χ0n) is 6.41. The van der Waals surface area contributed by atoms with Crippen molar-refractivity contribution in [3.05, 3.63) is 0 Å². The Morgan fingerprint density at radius 2 is 2.20 bits per heavy atom. The molecule has 4 heteroatoms. The van der Waals surface area contributed by atoms with Crippen LogP contribution in [0, 0.1) is 0 Å². The van der Waals surface area contributed by atoms with Crippen LogP contribution in [-0.4, -0.2) is 11.0 Å². The van der Waals surface area contributed by atoms with Crippen molar-refractivity contribution in [3.8, 4) is 0 Å². The van der Waals surface area contributed by atoms with Gasteiger partial charge in [-0.05, 0) is 12.8 Å². The predicted octanol–water partition coefficient (Wildman–Crippen LogP) is 2.23. The van der Waals surface area contributed by atoms with Crippen LogP contribution in [0.25, 0.3) is 0 Å². The van der Waals surface area contributed by atoms with Gasteiger partial charge in [-0.25, -0.2) is 4.57 Å². The average molecular weight is 165 g/mol. The molecule has 1 radical (unpaired) electrons. The Balaban J connectivity index is 3.49. The van der Waals surface area contributed by atoms with Gasteiger partial charge in [0.15, 0.2) is 0 Å². The maximum atomic E-state index is 10.2. The van der Waals surface area contributed by atoms with Gasteiger partial charge in [-0.1, -0.05) is 20.3 Å². The fraction of sp³-hybridized carbons (Fsp3) is 1.00. The van der Waals surface area contributed by atoms with E-state index in [2.05, 4.69) is 0 Å². The van der Waals surface area contributed by atoms with E-state index in [1.54, 1.807) is 0 Å². The number of hydrogen-bond donors (Lipinski definition) is 1. The van der Waals surface area contributed by atoms with Crippen molar-refractivity contribution < 1.29 is 14.0 Å². The van der Waals surface area contributed by atoms with Crippen LogP contribution in [0.2, 0.25) is 0 Å². The normalized spacial score (nSPS) is 14.9. The Kier molecular flexibility index (Phi) is 5.79. The molecule has 0 saturated carbocycles. The first-order valence-electron chi connectivity index (χ1n) is 3.53. The third kappa shape index (κ3) is 4.86. The van der Waals surface area contributed by atoms with Crippen LogP contribution in [0.15, 0.2) is 0 Å². The fourth-order valence-corrected chi connectivity index (χ4v) is 1.29. The molecule has 2 unspecified atom stereocenters. The van der Waals surface area contributed by atoms with Gasteiger partial charge in [0.1, 0.15) is 0 Å². The van der Waals surface area contributed by atoms with E-state index < -0.39 is 8.25 Å². The summed E-state index contributed by atoms with van der Waals surface area (Å²) >= 11 is 0. The Morgan fingerprint density at radius 1 is 1.60 bits per heavy atom. The average Bonchev–Trinajstić information content (AvgIpc) is 1.86. The highest BCUT2D eigenvalue weighted by molar-refractivity contribution is 7.32. The van der Waals surface area contributed by atoms with Crippen LogP contribution in [0.1, 0.15) is 33.1 Å². The molecule has 0 aliphatic rings. The summed E-state index contributed by atoms with van der Waals surface area (Å²) < 4.78 is 14.9. The van der Waals surface area contributed by atoms with E-state index in [0.717, 1.165) is 19.3 Å². The Labute approximate surface area is 62.3 Å². The molecular formula is C6H14O3P. The zero-order valence-corrected chi connectivity index (χ0v) is 7.30. The summed E-state index contributed by atoms with van der Waals surface area (Å²) in [5.74, 6) is 0. The minimum absolute atomic E-state index is 0.0430. The molecule has 1 N–H and O–H groups in total. The van der Waals surface area contributed by atoms with Gasteiger partial charge in [0.25, 0.3) is 0 Å². The van der Waals surface area contributed by atoms with E-state index in [4.69, 9.17) is 9.42 Å². The SMILES string of the molecule is CCCC(CC)O[P](=O)O. The lowest BCUT2D eigenvalue weighted by atomic mass is 10.2. The topological polar surface area (TPSA) is 46.5 Å². The molecule has 2 atom stereocenters. The van der Waals surface area contributed by atoms with Gasteiger partial charge in [-0.15, -0.1) is 0 Å². The van der Waals surface area contributed by atoms with Crippen molar-refractivity contribution in [2.45, 2.75) is 39.2 Å². The van der Waals surface area contributed by atoms with Gasteiger partial charge in [0, 0.05) is 0 Å². The molecule has 0 heterocycles. The lowest BCUT2D eigenvalue weighted by molar-refractivity contribution is 0.174. The minimum atomic E-state index is -2.41. The van der Waals surface area contributed by atoms with Gasteiger partial charge in [0.2, 0.25) is 0 Å². The van der Waals surface area contributed by atoms with Crippen LogP contribution < -0.4 is 0 Å². The van der Waals surface area contributed by atoms with Gasteiger partial charge in [-0.2, -0.15) is 0 Å². The molecular weight excluding hydrogens is 151 g/mol. The molecule has 3 nitrogen and oxygen atoms in total. The van der Waals surface area contributed by atoms with Crippen LogP contribution in [0.4, 0.5) is 0 Å². The smallest absolute Gasteiger partial charge is 0.298 e. The molecule has 0 spiro atoms. The molecule has 0 amide bonds. The molecule has 0 aliphatic carbocycles. The molecule has 0 saturated heterocycles. The maximum Gasteiger partial charge on any atom is 0.366 e. The number of hydrogen-bond acceptors (Lipinski definition) is 2. The summed E-state index contributed by atoms with van der Waals surface area (Å²) in [6.45, 7) is 3.97. The fourth-order valence-electron chi connectivity index (χ4n) is 0.781. The van der Waals surface area contributed by atoms with E-state index in [1.807, 2.05) is 13.8 Å². The van der Waals surface area contributed by atoms with Crippen LogP contribution in [0.5, 0.6) is 0 Å². The van der Waals surface area contributed by atoms with Crippen LogP contribution in [0.3, 0.4) is 0 Å². The summed E-state index contributed by atoms with van der Waals surface area (Å²) in [6, 6.07) is 0. The third-order valence-corrected chi connectivity index (χ3v) is 1.78. The van der Waals surface area contributed by atoms with Crippen molar-refractivity contribution in [1.29, 1.82) is 0 Å². The quantitative estimate of drug-likeness (QED) is 0.635. The van der Waals surface area contributed by atoms with Crippen LogP contribution in [-0.2, 0) is 9.09 Å². The largest absolute Gasteiger partial charge is 0.366 e. The Hall–Kier alpha value is 0.0200. The molecule has 0 aromatic carbocycles. The van der Waals surface area contributed by atoms with E-state index in [1.165, 1.54) is 0 Å². The first-order valence-corrected chi connectivity index (χ1v) is 4.66. The molecule has 0 bridgehead atoms. The van der Waals surface area contributed by atoms with E-state index in [9.17, 15) is 4.57 Å². The molecule has 0 rings (SSSR count). The lowest BCUT2D eigenvalue weighted by Crippen LogP contribution is -2.05. The second-order valence-electron chi connectivity index (χ2n) is 2.16.